The van der Waals surface area contributed by atoms with Crippen LogP contribution in [0.5, 0.6) is 0 Å². The molecule has 6 heteroatoms. The zero-order chi connectivity index (χ0) is 17.1. The SMILES string of the molecule is CO[C@@H]1C[C@@H](CO)N(C(=O)Cc2cccc(N3CCCC3=O)c2)C1. The molecule has 1 N–H and O–H groups in total. The van der Waals surface area contributed by atoms with E-state index in [9.17, 15) is 14.7 Å². The average Bonchev–Trinajstić information content (AvgIpc) is 3.20. The number of hydrogen-bond donors (Lipinski definition) is 1. The summed E-state index contributed by atoms with van der Waals surface area (Å²) in [7, 11) is 1.63. The number of methoxy groups -OCH3 is 1. The van der Waals surface area contributed by atoms with Gasteiger partial charge in [-0.25, -0.2) is 0 Å². The van der Waals surface area contributed by atoms with Gasteiger partial charge in [-0.1, -0.05) is 12.1 Å². The van der Waals surface area contributed by atoms with Crippen LogP contribution < -0.4 is 4.90 Å². The second kappa shape index (κ2) is 7.32. The molecular formula is C18H24N2O4. The molecule has 0 radical (unpaired) electrons. The molecule has 24 heavy (non-hydrogen) atoms. The summed E-state index contributed by atoms with van der Waals surface area (Å²) in [6.07, 6.45) is 2.39. The van der Waals surface area contributed by atoms with Crippen molar-refractivity contribution in [2.75, 3.05) is 31.7 Å². The maximum atomic E-state index is 12.6. The summed E-state index contributed by atoms with van der Waals surface area (Å²) in [4.78, 5) is 28.0. The molecule has 0 bridgehead atoms. The van der Waals surface area contributed by atoms with E-state index in [-0.39, 0.29) is 37.0 Å². The van der Waals surface area contributed by atoms with Gasteiger partial charge in [0.15, 0.2) is 0 Å². The highest BCUT2D eigenvalue weighted by Crippen LogP contribution is 2.24. The molecule has 0 aliphatic carbocycles. The first-order valence-electron chi connectivity index (χ1n) is 8.44. The van der Waals surface area contributed by atoms with Crippen molar-refractivity contribution >= 4 is 17.5 Å². The van der Waals surface area contributed by atoms with Gasteiger partial charge in [-0.2, -0.15) is 0 Å². The minimum absolute atomic E-state index is 0.0142. The van der Waals surface area contributed by atoms with E-state index >= 15 is 0 Å². The summed E-state index contributed by atoms with van der Waals surface area (Å²) in [5.41, 5.74) is 1.74. The van der Waals surface area contributed by atoms with Gasteiger partial charge in [0.05, 0.1) is 25.2 Å². The average molecular weight is 332 g/mol. The Morgan fingerprint density at radius 2 is 2.25 bits per heavy atom. The highest BCUT2D eigenvalue weighted by atomic mass is 16.5. The largest absolute Gasteiger partial charge is 0.394 e. The maximum absolute atomic E-state index is 12.6. The van der Waals surface area contributed by atoms with E-state index in [0.717, 1.165) is 24.2 Å². The van der Waals surface area contributed by atoms with Gasteiger partial charge in [0.25, 0.3) is 0 Å². The first kappa shape index (κ1) is 16.9. The monoisotopic (exact) mass is 332 g/mol. The van der Waals surface area contributed by atoms with E-state index in [2.05, 4.69) is 0 Å². The number of aliphatic hydroxyl groups is 1. The van der Waals surface area contributed by atoms with Gasteiger partial charge in [-0.3, -0.25) is 9.59 Å². The Labute approximate surface area is 142 Å². The lowest BCUT2D eigenvalue weighted by atomic mass is 10.1. The molecule has 2 saturated heterocycles. The molecule has 0 saturated carbocycles. The van der Waals surface area contributed by atoms with Crippen molar-refractivity contribution in [3.63, 3.8) is 0 Å². The quantitative estimate of drug-likeness (QED) is 0.872. The standard InChI is InChI=1S/C18H24N2O4/c1-24-16-10-15(12-21)20(11-16)18(23)9-13-4-2-5-14(8-13)19-7-3-6-17(19)22/h2,4-5,8,15-16,21H,3,6-7,9-12H2,1H3/t15-,16+/m0/s1. The predicted octanol–water partition coefficient (Wildman–Crippen LogP) is 0.964. The summed E-state index contributed by atoms with van der Waals surface area (Å²) >= 11 is 0. The molecule has 0 unspecified atom stereocenters. The minimum atomic E-state index is -0.175. The number of aliphatic hydroxyl groups excluding tert-OH is 1. The highest BCUT2D eigenvalue weighted by Gasteiger charge is 2.34. The van der Waals surface area contributed by atoms with Crippen molar-refractivity contribution < 1.29 is 19.4 Å². The summed E-state index contributed by atoms with van der Waals surface area (Å²) < 4.78 is 5.32. The molecule has 2 fully saturated rings. The van der Waals surface area contributed by atoms with Crippen LogP contribution in [0.3, 0.4) is 0 Å². The van der Waals surface area contributed by atoms with Crippen molar-refractivity contribution in [3.05, 3.63) is 29.8 Å². The van der Waals surface area contributed by atoms with Crippen LogP contribution in [-0.4, -0.2) is 60.8 Å². The molecule has 130 valence electrons. The molecule has 2 aliphatic heterocycles. The molecule has 1 aromatic rings. The molecular weight excluding hydrogens is 308 g/mol. The van der Waals surface area contributed by atoms with Crippen LogP contribution in [0, 0.1) is 0 Å². The second-order valence-electron chi connectivity index (χ2n) is 6.47. The van der Waals surface area contributed by atoms with Crippen molar-refractivity contribution in [2.45, 2.75) is 37.8 Å². The minimum Gasteiger partial charge on any atom is -0.394 e. The van der Waals surface area contributed by atoms with Crippen molar-refractivity contribution in [1.82, 2.24) is 4.90 Å². The number of nitrogens with zero attached hydrogens (tertiary/aromatic N) is 2. The van der Waals surface area contributed by atoms with E-state index in [1.165, 1.54) is 0 Å². The topological polar surface area (TPSA) is 70.1 Å². The molecule has 0 spiro atoms. The van der Waals surface area contributed by atoms with Gasteiger partial charge in [0, 0.05) is 32.3 Å². The number of benzene rings is 1. The van der Waals surface area contributed by atoms with Crippen molar-refractivity contribution in [3.8, 4) is 0 Å². The fourth-order valence-electron chi connectivity index (χ4n) is 3.55. The van der Waals surface area contributed by atoms with Crippen molar-refractivity contribution in [2.24, 2.45) is 0 Å². The summed E-state index contributed by atoms with van der Waals surface area (Å²) in [5, 5.41) is 9.49. The van der Waals surface area contributed by atoms with Crippen LogP contribution in [0.15, 0.2) is 24.3 Å². The fraction of sp³-hybridized carbons (Fsp3) is 0.556. The number of carbonyl (C=O) groups is 2. The summed E-state index contributed by atoms with van der Waals surface area (Å²) in [6, 6.07) is 7.43. The van der Waals surface area contributed by atoms with E-state index in [4.69, 9.17) is 4.74 Å². The Hall–Kier alpha value is -1.92. The summed E-state index contributed by atoms with van der Waals surface area (Å²) in [6.45, 7) is 1.21. The molecule has 1 aromatic carbocycles. The fourth-order valence-corrected chi connectivity index (χ4v) is 3.55. The van der Waals surface area contributed by atoms with Crippen LogP contribution in [0.25, 0.3) is 0 Å². The third kappa shape index (κ3) is 3.44. The van der Waals surface area contributed by atoms with Crippen LogP contribution in [0.2, 0.25) is 0 Å². The highest BCUT2D eigenvalue weighted by molar-refractivity contribution is 5.95. The van der Waals surface area contributed by atoms with Crippen molar-refractivity contribution in [1.29, 1.82) is 0 Å². The molecule has 2 heterocycles. The number of ether oxygens (including phenoxy) is 1. The molecule has 3 rings (SSSR count). The van der Waals surface area contributed by atoms with Gasteiger partial charge in [0.1, 0.15) is 0 Å². The number of hydrogen-bond acceptors (Lipinski definition) is 4. The van der Waals surface area contributed by atoms with Gasteiger partial charge >= 0.3 is 0 Å². The third-order valence-corrected chi connectivity index (χ3v) is 4.89. The number of carbonyl (C=O) groups excluding carboxylic acids is 2. The Kier molecular flexibility index (Phi) is 5.16. The molecule has 6 nitrogen and oxygen atoms in total. The molecule has 2 aliphatic rings. The molecule has 2 amide bonds. The number of amides is 2. The Morgan fingerprint density at radius 1 is 1.42 bits per heavy atom. The number of anilines is 1. The number of likely N-dealkylation sites (tertiary alicyclic amines) is 1. The lowest BCUT2D eigenvalue weighted by molar-refractivity contribution is -0.132. The zero-order valence-electron chi connectivity index (χ0n) is 14.0. The molecule has 2 atom stereocenters. The van der Waals surface area contributed by atoms with E-state index in [1.54, 1.807) is 16.9 Å². The maximum Gasteiger partial charge on any atom is 0.227 e. The first-order valence-corrected chi connectivity index (χ1v) is 8.44. The van der Waals surface area contributed by atoms with Gasteiger partial charge < -0.3 is 19.6 Å². The Morgan fingerprint density at radius 3 is 2.92 bits per heavy atom. The van der Waals surface area contributed by atoms with Gasteiger partial charge in [0.2, 0.25) is 11.8 Å². The smallest absolute Gasteiger partial charge is 0.227 e. The molecule has 0 aromatic heterocycles. The second-order valence-corrected chi connectivity index (χ2v) is 6.47. The van der Waals surface area contributed by atoms with E-state index in [1.807, 2.05) is 24.3 Å². The lowest BCUT2D eigenvalue weighted by Crippen LogP contribution is -2.39. The van der Waals surface area contributed by atoms with Crippen LogP contribution >= 0.6 is 0 Å². The van der Waals surface area contributed by atoms with E-state index < -0.39 is 0 Å². The van der Waals surface area contributed by atoms with Crippen LogP contribution in [0.4, 0.5) is 5.69 Å². The van der Waals surface area contributed by atoms with E-state index in [0.29, 0.717) is 19.4 Å². The Balaban J connectivity index is 1.69. The van der Waals surface area contributed by atoms with Crippen LogP contribution in [0.1, 0.15) is 24.8 Å². The normalized spacial score (nSPS) is 24.0. The van der Waals surface area contributed by atoms with Gasteiger partial charge in [-0.05, 0) is 30.5 Å². The summed E-state index contributed by atoms with van der Waals surface area (Å²) in [5.74, 6) is 0.125. The number of rotatable bonds is 5. The predicted molar refractivity (Wildman–Crippen MR) is 89.7 cm³/mol. The third-order valence-electron chi connectivity index (χ3n) is 4.89. The zero-order valence-corrected chi connectivity index (χ0v) is 14.0. The lowest BCUT2D eigenvalue weighted by Gasteiger charge is -2.23. The Bertz CT molecular complexity index is 619. The first-order chi connectivity index (χ1) is 11.6. The van der Waals surface area contributed by atoms with Crippen LogP contribution in [-0.2, 0) is 20.7 Å². The van der Waals surface area contributed by atoms with Gasteiger partial charge in [-0.15, -0.1) is 0 Å².